The van der Waals surface area contributed by atoms with Gasteiger partial charge in [0.05, 0.1) is 12.7 Å². The standard InChI is InChI=1S/C16H20N2O4S2/c1-5-11-8-12(15(17)19)16(23-11)18-24(20,21)14-7-10(3)9(2)6-13(14)22-4/h6-8,18H,5H2,1-4H3,(H2,17,19). The van der Waals surface area contributed by atoms with Gasteiger partial charge in [-0.05, 0) is 49.6 Å². The number of ether oxygens (including phenoxy) is 1. The number of benzene rings is 1. The molecule has 0 aliphatic rings. The molecule has 6 nitrogen and oxygen atoms in total. The van der Waals surface area contributed by atoms with Gasteiger partial charge in [-0.25, -0.2) is 8.42 Å². The second-order valence-electron chi connectivity index (χ2n) is 5.37. The van der Waals surface area contributed by atoms with Crippen molar-refractivity contribution in [2.45, 2.75) is 32.1 Å². The molecule has 0 saturated heterocycles. The first-order valence-corrected chi connectivity index (χ1v) is 9.60. The van der Waals surface area contributed by atoms with E-state index in [9.17, 15) is 13.2 Å². The van der Waals surface area contributed by atoms with Crippen molar-refractivity contribution in [3.05, 3.63) is 39.8 Å². The molecule has 0 fully saturated rings. The summed E-state index contributed by atoms with van der Waals surface area (Å²) in [6, 6.07) is 4.84. The molecule has 8 heteroatoms. The van der Waals surface area contributed by atoms with E-state index in [2.05, 4.69) is 4.72 Å². The van der Waals surface area contributed by atoms with E-state index in [0.717, 1.165) is 16.0 Å². The van der Waals surface area contributed by atoms with Gasteiger partial charge in [-0.15, -0.1) is 11.3 Å². The topological polar surface area (TPSA) is 98.5 Å². The SMILES string of the molecule is CCc1cc(C(N)=O)c(NS(=O)(=O)c2cc(C)c(C)cc2OC)s1. The van der Waals surface area contributed by atoms with E-state index in [1.165, 1.54) is 18.4 Å². The van der Waals surface area contributed by atoms with Crippen molar-refractivity contribution in [3.8, 4) is 5.75 Å². The largest absolute Gasteiger partial charge is 0.495 e. The first-order valence-electron chi connectivity index (χ1n) is 7.30. The Balaban J connectivity index is 2.52. The number of hydrogen-bond donors (Lipinski definition) is 2. The predicted octanol–water partition coefficient (Wildman–Crippen LogP) is 2.84. The average molecular weight is 368 g/mol. The molecule has 3 N–H and O–H groups in total. The molecule has 24 heavy (non-hydrogen) atoms. The summed E-state index contributed by atoms with van der Waals surface area (Å²) in [6.45, 7) is 5.61. The number of nitrogens with one attached hydrogen (secondary N) is 1. The minimum Gasteiger partial charge on any atom is -0.495 e. The molecular weight excluding hydrogens is 348 g/mol. The quantitative estimate of drug-likeness (QED) is 0.819. The number of sulfonamides is 1. The monoisotopic (exact) mass is 368 g/mol. The van der Waals surface area contributed by atoms with Crippen LogP contribution < -0.4 is 15.2 Å². The van der Waals surface area contributed by atoms with Crippen molar-refractivity contribution >= 4 is 32.3 Å². The Hall–Kier alpha value is -2.06. The van der Waals surface area contributed by atoms with Gasteiger partial charge in [-0.2, -0.15) is 0 Å². The number of rotatable bonds is 6. The molecule has 0 aliphatic heterocycles. The molecule has 2 aromatic rings. The lowest BCUT2D eigenvalue weighted by Crippen LogP contribution is -2.17. The third-order valence-corrected chi connectivity index (χ3v) is 6.39. The maximum absolute atomic E-state index is 12.8. The number of carbonyl (C=O) groups is 1. The van der Waals surface area contributed by atoms with Gasteiger partial charge in [0.1, 0.15) is 15.6 Å². The zero-order valence-corrected chi connectivity index (χ0v) is 15.6. The van der Waals surface area contributed by atoms with Gasteiger partial charge in [-0.3, -0.25) is 9.52 Å². The molecule has 0 radical (unpaired) electrons. The van der Waals surface area contributed by atoms with Crippen molar-refractivity contribution in [3.63, 3.8) is 0 Å². The fraction of sp³-hybridized carbons (Fsp3) is 0.312. The molecular formula is C16H20N2O4S2. The fourth-order valence-corrected chi connectivity index (χ4v) is 4.74. The van der Waals surface area contributed by atoms with Gasteiger partial charge in [-0.1, -0.05) is 6.92 Å². The number of amides is 1. The van der Waals surface area contributed by atoms with Gasteiger partial charge < -0.3 is 10.5 Å². The highest BCUT2D eigenvalue weighted by Crippen LogP contribution is 2.33. The summed E-state index contributed by atoms with van der Waals surface area (Å²) >= 11 is 1.20. The number of nitrogens with two attached hydrogens (primary N) is 1. The maximum atomic E-state index is 12.8. The normalized spacial score (nSPS) is 11.3. The number of thiophene rings is 1. The van der Waals surface area contributed by atoms with Crippen LogP contribution in [0.5, 0.6) is 5.75 Å². The van der Waals surface area contributed by atoms with E-state index in [4.69, 9.17) is 10.5 Å². The van der Waals surface area contributed by atoms with Crippen LogP contribution in [0.2, 0.25) is 0 Å². The Labute approximate surface area is 145 Å². The number of anilines is 1. The second-order valence-corrected chi connectivity index (χ2v) is 8.15. The molecule has 0 unspecified atom stereocenters. The van der Waals surface area contributed by atoms with Gasteiger partial charge in [0, 0.05) is 4.88 Å². The Kier molecular flexibility index (Phi) is 5.19. The average Bonchev–Trinajstić information content (AvgIpc) is 2.91. The third-order valence-electron chi connectivity index (χ3n) is 3.69. The van der Waals surface area contributed by atoms with Crippen LogP contribution in [0.4, 0.5) is 5.00 Å². The molecule has 1 heterocycles. The highest BCUT2D eigenvalue weighted by atomic mass is 32.2. The summed E-state index contributed by atoms with van der Waals surface area (Å²) in [5.41, 5.74) is 7.27. The smallest absolute Gasteiger partial charge is 0.266 e. The molecule has 0 bridgehead atoms. The van der Waals surface area contributed by atoms with Crippen LogP contribution in [-0.2, 0) is 16.4 Å². The Morgan fingerprint density at radius 2 is 1.88 bits per heavy atom. The molecule has 1 aromatic carbocycles. The van der Waals surface area contributed by atoms with Crippen LogP contribution in [0.1, 0.15) is 33.3 Å². The van der Waals surface area contributed by atoms with E-state index in [1.54, 1.807) is 18.2 Å². The summed E-state index contributed by atoms with van der Waals surface area (Å²) in [4.78, 5) is 12.5. The van der Waals surface area contributed by atoms with Crippen LogP contribution in [-0.4, -0.2) is 21.4 Å². The Morgan fingerprint density at radius 3 is 2.42 bits per heavy atom. The Morgan fingerprint density at radius 1 is 1.25 bits per heavy atom. The molecule has 0 spiro atoms. The van der Waals surface area contributed by atoms with E-state index in [-0.39, 0.29) is 21.2 Å². The Bertz CT molecular complexity index is 886. The van der Waals surface area contributed by atoms with Crippen molar-refractivity contribution in [2.75, 3.05) is 11.8 Å². The molecule has 1 amide bonds. The number of aryl methyl sites for hydroxylation is 3. The first-order chi connectivity index (χ1) is 11.2. The van der Waals surface area contributed by atoms with Crippen LogP contribution in [0.25, 0.3) is 0 Å². The van der Waals surface area contributed by atoms with Gasteiger partial charge >= 0.3 is 0 Å². The summed E-state index contributed by atoms with van der Waals surface area (Å²) < 4.78 is 33.2. The van der Waals surface area contributed by atoms with Crippen LogP contribution in [0, 0.1) is 13.8 Å². The van der Waals surface area contributed by atoms with E-state index in [0.29, 0.717) is 6.42 Å². The lowest BCUT2D eigenvalue weighted by atomic mass is 10.1. The number of carbonyl (C=O) groups excluding carboxylic acids is 1. The van der Waals surface area contributed by atoms with Gasteiger partial charge in [0.2, 0.25) is 0 Å². The van der Waals surface area contributed by atoms with E-state index in [1.807, 2.05) is 20.8 Å². The zero-order valence-electron chi connectivity index (χ0n) is 14.0. The van der Waals surface area contributed by atoms with E-state index < -0.39 is 15.9 Å². The summed E-state index contributed by atoms with van der Waals surface area (Å²) in [5, 5.41) is 0.222. The van der Waals surface area contributed by atoms with Crippen molar-refractivity contribution < 1.29 is 17.9 Å². The number of primary amides is 1. The highest BCUT2D eigenvalue weighted by Gasteiger charge is 2.24. The van der Waals surface area contributed by atoms with E-state index >= 15 is 0 Å². The molecule has 2 rings (SSSR count). The second kappa shape index (κ2) is 6.82. The lowest BCUT2D eigenvalue weighted by Gasteiger charge is -2.13. The summed E-state index contributed by atoms with van der Waals surface area (Å²) in [7, 11) is -2.50. The van der Waals surface area contributed by atoms with Crippen LogP contribution >= 0.6 is 11.3 Å². The van der Waals surface area contributed by atoms with Crippen LogP contribution in [0.3, 0.4) is 0 Å². The predicted molar refractivity (Wildman–Crippen MR) is 95.5 cm³/mol. The third kappa shape index (κ3) is 3.54. The first kappa shape index (κ1) is 18.3. The zero-order chi connectivity index (χ0) is 18.1. The van der Waals surface area contributed by atoms with Crippen molar-refractivity contribution in [2.24, 2.45) is 5.73 Å². The molecule has 0 aliphatic carbocycles. The lowest BCUT2D eigenvalue weighted by molar-refractivity contribution is 0.100. The molecule has 0 saturated carbocycles. The van der Waals surface area contributed by atoms with Gasteiger partial charge in [0.15, 0.2) is 0 Å². The maximum Gasteiger partial charge on any atom is 0.266 e. The highest BCUT2D eigenvalue weighted by molar-refractivity contribution is 7.93. The van der Waals surface area contributed by atoms with Crippen molar-refractivity contribution in [1.29, 1.82) is 0 Å². The molecule has 1 aromatic heterocycles. The minimum atomic E-state index is -3.92. The summed E-state index contributed by atoms with van der Waals surface area (Å²) in [5.74, 6) is -0.422. The minimum absolute atomic E-state index is 0.0231. The fourth-order valence-electron chi connectivity index (χ4n) is 2.18. The van der Waals surface area contributed by atoms with Crippen LogP contribution in [0.15, 0.2) is 23.1 Å². The van der Waals surface area contributed by atoms with Crippen molar-refractivity contribution in [1.82, 2.24) is 0 Å². The number of methoxy groups -OCH3 is 1. The molecule has 130 valence electrons. The summed E-state index contributed by atoms with van der Waals surface area (Å²) in [6.07, 6.45) is 0.680. The number of hydrogen-bond acceptors (Lipinski definition) is 5. The molecule has 0 atom stereocenters. The van der Waals surface area contributed by atoms with Gasteiger partial charge in [0.25, 0.3) is 15.9 Å².